The fourth-order valence-electron chi connectivity index (χ4n) is 1.38. The molecule has 0 atom stereocenters. The summed E-state index contributed by atoms with van der Waals surface area (Å²) in [5.74, 6) is 1.06. The van der Waals surface area contributed by atoms with E-state index in [1.807, 2.05) is 0 Å². The molecule has 1 fully saturated rings. The standard InChI is InChI=1S/C9H20N2/c1-2-11(8-6-10)7-5-9-3-4-9/h9H,2-8,10H2,1H3. The van der Waals surface area contributed by atoms with Crippen LogP contribution in [0, 0.1) is 5.92 Å². The lowest BCUT2D eigenvalue weighted by molar-refractivity contribution is 0.286. The molecule has 0 amide bonds. The molecule has 11 heavy (non-hydrogen) atoms. The normalized spacial score (nSPS) is 17.7. The van der Waals surface area contributed by atoms with E-state index in [0.29, 0.717) is 0 Å². The minimum atomic E-state index is 0.804. The molecule has 2 heteroatoms. The van der Waals surface area contributed by atoms with Crippen LogP contribution in [-0.4, -0.2) is 31.1 Å². The average molecular weight is 156 g/mol. The second-order valence-electron chi connectivity index (χ2n) is 3.45. The summed E-state index contributed by atoms with van der Waals surface area (Å²) in [6.07, 6.45) is 4.34. The summed E-state index contributed by atoms with van der Waals surface area (Å²) in [5, 5.41) is 0. The molecular weight excluding hydrogens is 136 g/mol. The molecule has 0 heterocycles. The van der Waals surface area contributed by atoms with Gasteiger partial charge in [0.1, 0.15) is 0 Å². The quantitative estimate of drug-likeness (QED) is 0.623. The van der Waals surface area contributed by atoms with Crippen molar-refractivity contribution in [3.05, 3.63) is 0 Å². The van der Waals surface area contributed by atoms with Gasteiger partial charge in [-0.1, -0.05) is 19.8 Å². The molecule has 66 valence electrons. The van der Waals surface area contributed by atoms with Gasteiger partial charge in [0.05, 0.1) is 0 Å². The van der Waals surface area contributed by atoms with Gasteiger partial charge in [0.15, 0.2) is 0 Å². The predicted octanol–water partition coefficient (Wildman–Crippen LogP) is 1.07. The van der Waals surface area contributed by atoms with Crippen LogP contribution in [0.1, 0.15) is 26.2 Å². The van der Waals surface area contributed by atoms with Crippen LogP contribution < -0.4 is 5.73 Å². The van der Waals surface area contributed by atoms with Gasteiger partial charge in [-0.05, 0) is 25.4 Å². The largest absolute Gasteiger partial charge is 0.329 e. The van der Waals surface area contributed by atoms with Crippen molar-refractivity contribution < 1.29 is 0 Å². The summed E-state index contributed by atoms with van der Waals surface area (Å²) in [4.78, 5) is 2.44. The first-order chi connectivity index (χ1) is 5.36. The smallest absolute Gasteiger partial charge is 0.0104 e. The highest BCUT2D eigenvalue weighted by atomic mass is 15.1. The second-order valence-corrected chi connectivity index (χ2v) is 3.45. The van der Waals surface area contributed by atoms with Crippen LogP contribution >= 0.6 is 0 Å². The van der Waals surface area contributed by atoms with Gasteiger partial charge < -0.3 is 10.6 Å². The first kappa shape index (κ1) is 9.01. The summed E-state index contributed by atoms with van der Waals surface area (Å²) in [7, 11) is 0. The maximum absolute atomic E-state index is 5.49. The molecule has 0 aromatic rings. The van der Waals surface area contributed by atoms with Gasteiger partial charge in [-0.2, -0.15) is 0 Å². The third-order valence-electron chi connectivity index (χ3n) is 2.44. The fourth-order valence-corrected chi connectivity index (χ4v) is 1.38. The Kier molecular flexibility index (Phi) is 3.87. The van der Waals surface area contributed by atoms with E-state index in [2.05, 4.69) is 11.8 Å². The van der Waals surface area contributed by atoms with Crippen molar-refractivity contribution in [2.45, 2.75) is 26.2 Å². The summed E-state index contributed by atoms with van der Waals surface area (Å²) < 4.78 is 0. The Labute approximate surface area is 69.8 Å². The van der Waals surface area contributed by atoms with Crippen LogP contribution in [-0.2, 0) is 0 Å². The molecular formula is C9H20N2. The van der Waals surface area contributed by atoms with E-state index in [-0.39, 0.29) is 0 Å². The van der Waals surface area contributed by atoms with Gasteiger partial charge in [0, 0.05) is 13.1 Å². The maximum atomic E-state index is 5.49. The molecule has 0 unspecified atom stereocenters. The number of likely N-dealkylation sites (N-methyl/N-ethyl adjacent to an activating group) is 1. The van der Waals surface area contributed by atoms with Crippen LogP contribution in [0.4, 0.5) is 0 Å². The molecule has 0 aromatic heterocycles. The van der Waals surface area contributed by atoms with Crippen molar-refractivity contribution in [3.63, 3.8) is 0 Å². The van der Waals surface area contributed by atoms with Crippen LogP contribution in [0.25, 0.3) is 0 Å². The van der Waals surface area contributed by atoms with E-state index in [0.717, 1.165) is 25.6 Å². The highest BCUT2D eigenvalue weighted by molar-refractivity contribution is 4.74. The number of nitrogens with zero attached hydrogens (tertiary/aromatic N) is 1. The Balaban J connectivity index is 1.98. The van der Waals surface area contributed by atoms with Crippen molar-refractivity contribution in [1.29, 1.82) is 0 Å². The highest BCUT2D eigenvalue weighted by Crippen LogP contribution is 2.32. The monoisotopic (exact) mass is 156 g/mol. The van der Waals surface area contributed by atoms with Crippen LogP contribution in [0.2, 0.25) is 0 Å². The molecule has 1 aliphatic rings. The van der Waals surface area contributed by atoms with Gasteiger partial charge in [-0.25, -0.2) is 0 Å². The van der Waals surface area contributed by atoms with E-state index in [1.165, 1.54) is 25.8 Å². The number of rotatable bonds is 6. The Morgan fingerprint density at radius 2 is 2.09 bits per heavy atom. The first-order valence-corrected chi connectivity index (χ1v) is 4.79. The average Bonchev–Trinajstić information content (AvgIpc) is 2.81. The Morgan fingerprint density at radius 1 is 1.36 bits per heavy atom. The van der Waals surface area contributed by atoms with Gasteiger partial charge in [-0.15, -0.1) is 0 Å². The summed E-state index contributed by atoms with van der Waals surface area (Å²) in [5.41, 5.74) is 5.49. The second kappa shape index (κ2) is 4.73. The molecule has 0 bridgehead atoms. The Hall–Kier alpha value is -0.0800. The third kappa shape index (κ3) is 3.73. The maximum Gasteiger partial charge on any atom is 0.0104 e. The third-order valence-corrected chi connectivity index (χ3v) is 2.44. The van der Waals surface area contributed by atoms with E-state index < -0.39 is 0 Å². The van der Waals surface area contributed by atoms with Crippen molar-refractivity contribution in [2.24, 2.45) is 11.7 Å². The molecule has 1 aliphatic carbocycles. The van der Waals surface area contributed by atoms with Gasteiger partial charge in [-0.3, -0.25) is 0 Å². The van der Waals surface area contributed by atoms with Crippen molar-refractivity contribution in [1.82, 2.24) is 4.90 Å². The topological polar surface area (TPSA) is 29.3 Å². The molecule has 0 aliphatic heterocycles. The van der Waals surface area contributed by atoms with Gasteiger partial charge in [0.25, 0.3) is 0 Å². The minimum Gasteiger partial charge on any atom is -0.329 e. The first-order valence-electron chi connectivity index (χ1n) is 4.79. The van der Waals surface area contributed by atoms with Gasteiger partial charge in [0.2, 0.25) is 0 Å². The zero-order valence-corrected chi connectivity index (χ0v) is 7.55. The van der Waals surface area contributed by atoms with E-state index >= 15 is 0 Å². The van der Waals surface area contributed by atoms with Crippen molar-refractivity contribution in [3.8, 4) is 0 Å². The van der Waals surface area contributed by atoms with Crippen LogP contribution in [0.15, 0.2) is 0 Å². The zero-order chi connectivity index (χ0) is 8.10. The zero-order valence-electron chi connectivity index (χ0n) is 7.55. The van der Waals surface area contributed by atoms with E-state index in [9.17, 15) is 0 Å². The highest BCUT2D eigenvalue weighted by Gasteiger charge is 2.21. The predicted molar refractivity (Wildman–Crippen MR) is 48.5 cm³/mol. The Morgan fingerprint density at radius 3 is 2.55 bits per heavy atom. The number of hydrogen-bond acceptors (Lipinski definition) is 2. The number of hydrogen-bond donors (Lipinski definition) is 1. The van der Waals surface area contributed by atoms with Crippen molar-refractivity contribution in [2.75, 3.05) is 26.2 Å². The SMILES string of the molecule is CCN(CCN)CCC1CC1. The van der Waals surface area contributed by atoms with Crippen molar-refractivity contribution >= 4 is 0 Å². The minimum absolute atomic E-state index is 0.804. The van der Waals surface area contributed by atoms with E-state index in [4.69, 9.17) is 5.73 Å². The fraction of sp³-hybridized carbons (Fsp3) is 1.00. The molecule has 1 rings (SSSR count). The summed E-state index contributed by atoms with van der Waals surface area (Å²) >= 11 is 0. The summed E-state index contributed by atoms with van der Waals surface area (Å²) in [6, 6.07) is 0. The summed E-state index contributed by atoms with van der Waals surface area (Å²) in [6.45, 7) is 6.51. The molecule has 1 saturated carbocycles. The molecule has 0 saturated heterocycles. The lowest BCUT2D eigenvalue weighted by atomic mass is 10.3. The molecule has 0 radical (unpaired) electrons. The van der Waals surface area contributed by atoms with Crippen LogP contribution in [0.5, 0.6) is 0 Å². The van der Waals surface area contributed by atoms with Gasteiger partial charge >= 0.3 is 0 Å². The number of nitrogens with two attached hydrogens (primary N) is 1. The van der Waals surface area contributed by atoms with E-state index in [1.54, 1.807) is 0 Å². The lowest BCUT2D eigenvalue weighted by Gasteiger charge is -2.18. The lowest BCUT2D eigenvalue weighted by Crippen LogP contribution is -2.30. The molecule has 0 aromatic carbocycles. The molecule has 0 spiro atoms. The Bertz CT molecular complexity index is 99.7. The molecule has 2 N–H and O–H groups in total. The van der Waals surface area contributed by atoms with Crippen LogP contribution in [0.3, 0.4) is 0 Å². The molecule has 2 nitrogen and oxygen atoms in total.